The quantitative estimate of drug-likeness (QED) is 0.429. The molecule has 0 atom stereocenters. The predicted molar refractivity (Wildman–Crippen MR) is 55.4 cm³/mol. The first-order valence-electron chi connectivity index (χ1n) is 4.10. The summed E-state index contributed by atoms with van der Waals surface area (Å²) in [5.74, 6) is 0. The summed E-state index contributed by atoms with van der Waals surface area (Å²) in [5, 5.41) is 0. The van der Waals surface area contributed by atoms with Crippen LogP contribution in [0, 0.1) is 0 Å². The van der Waals surface area contributed by atoms with E-state index in [1.807, 2.05) is 0 Å². The lowest BCUT2D eigenvalue weighted by molar-refractivity contribution is -0.0968. The summed E-state index contributed by atoms with van der Waals surface area (Å²) in [6, 6.07) is 0. The van der Waals surface area contributed by atoms with Gasteiger partial charge in [-0.15, -0.1) is 4.39 Å². The van der Waals surface area contributed by atoms with Crippen molar-refractivity contribution in [2.45, 2.75) is 0 Å². The standard InChI is InChI=1S/C6H18NO6Si2/c1-8-7(14(9-2)10-3)15(11-4,12-5)13-6/h1-6H3. The van der Waals surface area contributed by atoms with Crippen LogP contribution in [0.5, 0.6) is 0 Å². The molecular formula is C6H18NO6Si2. The minimum atomic E-state index is -3.05. The third kappa shape index (κ3) is 3.30. The van der Waals surface area contributed by atoms with Gasteiger partial charge >= 0.3 is 18.4 Å². The van der Waals surface area contributed by atoms with Crippen molar-refractivity contribution >= 4 is 18.4 Å². The van der Waals surface area contributed by atoms with E-state index in [-0.39, 0.29) is 0 Å². The van der Waals surface area contributed by atoms with Crippen LogP contribution in [0.3, 0.4) is 0 Å². The van der Waals surface area contributed by atoms with Gasteiger partial charge in [-0.2, -0.15) is 0 Å². The van der Waals surface area contributed by atoms with E-state index in [2.05, 4.69) is 0 Å². The Labute approximate surface area is 93.1 Å². The monoisotopic (exact) mass is 256 g/mol. The van der Waals surface area contributed by atoms with Crippen molar-refractivity contribution in [3.8, 4) is 0 Å². The lowest BCUT2D eigenvalue weighted by atomic mass is 11.7. The molecule has 9 heteroatoms. The van der Waals surface area contributed by atoms with Gasteiger partial charge in [-0.1, -0.05) is 0 Å². The lowest BCUT2D eigenvalue weighted by Crippen LogP contribution is -2.65. The van der Waals surface area contributed by atoms with Gasteiger partial charge in [-0.25, -0.2) is 0 Å². The highest BCUT2D eigenvalue weighted by molar-refractivity contribution is 6.68. The maximum Gasteiger partial charge on any atom is 0.620 e. The summed E-state index contributed by atoms with van der Waals surface area (Å²) in [5.41, 5.74) is 0. The maximum atomic E-state index is 5.23. The second-order valence-electron chi connectivity index (χ2n) is 2.29. The molecule has 0 amide bonds. The maximum absolute atomic E-state index is 5.23. The van der Waals surface area contributed by atoms with Crippen molar-refractivity contribution in [1.82, 2.24) is 4.39 Å². The van der Waals surface area contributed by atoms with E-state index < -0.39 is 18.4 Å². The first-order valence-corrected chi connectivity index (χ1v) is 7.04. The number of hydrogen-bond acceptors (Lipinski definition) is 7. The summed E-state index contributed by atoms with van der Waals surface area (Å²) in [6.07, 6.45) is 0. The van der Waals surface area contributed by atoms with E-state index in [9.17, 15) is 0 Å². The molecule has 0 heterocycles. The molecule has 15 heavy (non-hydrogen) atoms. The van der Waals surface area contributed by atoms with Crippen LogP contribution in [-0.4, -0.2) is 65.5 Å². The fourth-order valence-corrected chi connectivity index (χ4v) is 5.18. The first kappa shape index (κ1) is 15.2. The van der Waals surface area contributed by atoms with Crippen LogP contribution in [0.25, 0.3) is 0 Å². The van der Waals surface area contributed by atoms with E-state index in [0.29, 0.717) is 0 Å². The average molecular weight is 256 g/mol. The number of nitrogens with zero attached hydrogens (tertiary/aromatic N) is 1. The van der Waals surface area contributed by atoms with Crippen molar-refractivity contribution in [3.05, 3.63) is 0 Å². The third-order valence-corrected chi connectivity index (χ3v) is 6.53. The smallest absolute Gasteiger partial charge is 0.383 e. The van der Waals surface area contributed by atoms with Gasteiger partial charge < -0.3 is 27.0 Å². The molecule has 0 aromatic rings. The molecule has 0 saturated carbocycles. The van der Waals surface area contributed by atoms with Crippen molar-refractivity contribution in [3.63, 3.8) is 0 Å². The summed E-state index contributed by atoms with van der Waals surface area (Å²) in [7, 11) is 4.10. The molecule has 0 fully saturated rings. The van der Waals surface area contributed by atoms with Gasteiger partial charge in [-0.05, 0) is 0 Å². The van der Waals surface area contributed by atoms with Crippen LogP contribution in [0.15, 0.2) is 0 Å². The van der Waals surface area contributed by atoms with E-state index in [1.54, 1.807) is 0 Å². The van der Waals surface area contributed by atoms with E-state index in [4.69, 9.17) is 27.0 Å². The predicted octanol–water partition coefficient (Wildman–Crippen LogP) is -0.498. The summed E-state index contributed by atoms with van der Waals surface area (Å²) < 4.78 is 27.4. The summed E-state index contributed by atoms with van der Waals surface area (Å²) in [6.45, 7) is 0. The molecular weight excluding hydrogens is 238 g/mol. The minimum absolute atomic E-state index is 1.39. The van der Waals surface area contributed by atoms with Gasteiger partial charge in [0.05, 0.1) is 7.11 Å². The Morgan fingerprint density at radius 2 is 1.20 bits per heavy atom. The van der Waals surface area contributed by atoms with Crippen molar-refractivity contribution < 1.29 is 27.0 Å². The summed E-state index contributed by atoms with van der Waals surface area (Å²) >= 11 is 0. The highest BCUT2D eigenvalue weighted by Crippen LogP contribution is 2.15. The second kappa shape index (κ2) is 7.43. The van der Waals surface area contributed by atoms with Crippen molar-refractivity contribution in [2.75, 3.05) is 42.7 Å². The first-order chi connectivity index (χ1) is 7.15. The molecule has 0 spiro atoms. The zero-order chi connectivity index (χ0) is 11.9. The molecule has 0 bridgehead atoms. The van der Waals surface area contributed by atoms with Crippen LogP contribution < -0.4 is 0 Å². The molecule has 0 aliphatic carbocycles. The van der Waals surface area contributed by atoms with E-state index in [0.717, 1.165) is 0 Å². The molecule has 0 aromatic carbocycles. The van der Waals surface area contributed by atoms with Gasteiger partial charge in [0.1, 0.15) is 0 Å². The van der Waals surface area contributed by atoms with Gasteiger partial charge in [0, 0.05) is 35.5 Å². The fraction of sp³-hybridized carbons (Fsp3) is 1.00. The zero-order valence-electron chi connectivity index (χ0n) is 9.90. The molecule has 0 aliphatic rings. The topological polar surface area (TPSA) is 58.6 Å². The Morgan fingerprint density at radius 1 is 0.800 bits per heavy atom. The van der Waals surface area contributed by atoms with Gasteiger partial charge in [0.15, 0.2) is 0 Å². The van der Waals surface area contributed by atoms with E-state index >= 15 is 0 Å². The Balaban J connectivity index is 4.86. The highest BCUT2D eigenvalue weighted by atomic mass is 28.4. The lowest BCUT2D eigenvalue weighted by Gasteiger charge is -2.34. The van der Waals surface area contributed by atoms with E-state index in [1.165, 1.54) is 47.1 Å². The van der Waals surface area contributed by atoms with Crippen molar-refractivity contribution in [2.24, 2.45) is 0 Å². The number of hydrogen-bond donors (Lipinski definition) is 0. The SMILES string of the molecule is CON([Si](OC)OC)[Si](OC)(OC)OC. The molecule has 0 unspecified atom stereocenters. The summed E-state index contributed by atoms with van der Waals surface area (Å²) in [4.78, 5) is 5.15. The van der Waals surface area contributed by atoms with Crippen molar-refractivity contribution in [1.29, 1.82) is 0 Å². The molecule has 0 rings (SSSR count). The molecule has 0 aliphatic heterocycles. The average Bonchev–Trinajstić information content (AvgIpc) is 2.30. The molecule has 0 aromatic heterocycles. The van der Waals surface area contributed by atoms with Crippen LogP contribution in [0.4, 0.5) is 0 Å². The minimum Gasteiger partial charge on any atom is -0.383 e. The molecule has 0 N–H and O–H groups in total. The Morgan fingerprint density at radius 3 is 1.40 bits per heavy atom. The normalized spacial score (nSPS) is 12.8. The van der Waals surface area contributed by atoms with Gasteiger partial charge in [0.2, 0.25) is 0 Å². The van der Waals surface area contributed by atoms with Crippen LogP contribution in [0.2, 0.25) is 0 Å². The Bertz CT molecular complexity index is 157. The molecule has 0 saturated heterocycles. The largest absolute Gasteiger partial charge is 0.620 e. The zero-order valence-corrected chi connectivity index (χ0v) is 11.9. The van der Waals surface area contributed by atoms with Crippen LogP contribution >= 0.6 is 0 Å². The van der Waals surface area contributed by atoms with Crippen LogP contribution in [0.1, 0.15) is 0 Å². The van der Waals surface area contributed by atoms with Gasteiger partial charge in [0.25, 0.3) is 0 Å². The molecule has 1 radical (unpaired) electrons. The molecule has 91 valence electrons. The third-order valence-electron chi connectivity index (χ3n) is 1.72. The number of rotatable bonds is 8. The molecule has 7 nitrogen and oxygen atoms in total. The van der Waals surface area contributed by atoms with Crippen LogP contribution in [-0.2, 0) is 27.0 Å². The Kier molecular flexibility index (Phi) is 7.51. The fourth-order valence-electron chi connectivity index (χ4n) is 1.05. The highest BCUT2D eigenvalue weighted by Gasteiger charge is 2.54. The second-order valence-corrected chi connectivity index (χ2v) is 7.17. The Hall–Kier alpha value is 0.154. The van der Waals surface area contributed by atoms with Gasteiger partial charge in [-0.3, -0.25) is 0 Å².